The van der Waals surface area contributed by atoms with E-state index >= 15 is 0 Å². The highest BCUT2D eigenvalue weighted by molar-refractivity contribution is 6.07. The maximum atomic E-state index is 12.9. The lowest BCUT2D eigenvalue weighted by Gasteiger charge is -2.17. The number of hydrogen-bond acceptors (Lipinski definition) is 3. The summed E-state index contributed by atoms with van der Waals surface area (Å²) in [7, 11) is 0. The van der Waals surface area contributed by atoms with E-state index in [9.17, 15) is 14.4 Å². The molecule has 4 rings (SSSR count). The number of amides is 3. The van der Waals surface area contributed by atoms with Crippen molar-refractivity contribution < 1.29 is 14.4 Å². The second kappa shape index (κ2) is 9.47. The molecular weight excluding hydrogens is 402 g/mol. The van der Waals surface area contributed by atoms with Crippen LogP contribution in [-0.4, -0.2) is 24.3 Å². The first-order valence-electron chi connectivity index (χ1n) is 10.6. The zero-order chi connectivity index (χ0) is 22.5. The van der Waals surface area contributed by atoms with Gasteiger partial charge in [0.2, 0.25) is 11.8 Å². The molecule has 1 heterocycles. The molecule has 6 nitrogen and oxygen atoms in total. The Bertz CT molecular complexity index is 1130. The molecule has 0 saturated carbocycles. The van der Waals surface area contributed by atoms with Crippen molar-refractivity contribution in [3.63, 3.8) is 0 Å². The van der Waals surface area contributed by atoms with Gasteiger partial charge in [-0.25, -0.2) is 0 Å². The Labute approximate surface area is 187 Å². The molecule has 1 saturated heterocycles. The number of hydrogen-bond donors (Lipinski definition) is 2. The van der Waals surface area contributed by atoms with Gasteiger partial charge in [-0.3, -0.25) is 14.4 Å². The quantitative estimate of drug-likeness (QED) is 0.626. The number of para-hydroxylation sites is 2. The van der Waals surface area contributed by atoms with E-state index in [2.05, 4.69) is 10.6 Å². The lowest BCUT2D eigenvalue weighted by atomic mass is 10.1. The predicted octanol–water partition coefficient (Wildman–Crippen LogP) is 3.92. The van der Waals surface area contributed by atoms with Gasteiger partial charge in [0, 0.05) is 25.2 Å². The second-order valence-corrected chi connectivity index (χ2v) is 7.94. The summed E-state index contributed by atoms with van der Waals surface area (Å²) in [5.74, 6) is -1.10. The molecular formula is C26H25N3O3. The zero-order valence-electron chi connectivity index (χ0n) is 17.9. The molecule has 0 aliphatic carbocycles. The van der Waals surface area contributed by atoms with Crippen molar-refractivity contribution in [2.75, 3.05) is 16.8 Å². The second-order valence-electron chi connectivity index (χ2n) is 7.94. The average Bonchev–Trinajstić information content (AvgIpc) is 3.21. The molecule has 1 aliphatic heterocycles. The van der Waals surface area contributed by atoms with Gasteiger partial charge >= 0.3 is 0 Å². The molecule has 0 unspecified atom stereocenters. The van der Waals surface area contributed by atoms with Crippen molar-refractivity contribution in [2.24, 2.45) is 5.92 Å². The van der Waals surface area contributed by atoms with Crippen LogP contribution in [0, 0.1) is 12.8 Å². The Kier molecular flexibility index (Phi) is 6.31. The van der Waals surface area contributed by atoms with Crippen LogP contribution < -0.4 is 15.5 Å². The Morgan fingerprint density at radius 3 is 2.38 bits per heavy atom. The summed E-state index contributed by atoms with van der Waals surface area (Å²) in [6.45, 7) is 2.72. The first-order chi connectivity index (χ1) is 15.5. The van der Waals surface area contributed by atoms with Crippen LogP contribution in [0.2, 0.25) is 0 Å². The summed E-state index contributed by atoms with van der Waals surface area (Å²) in [6.07, 6.45) is 0.141. The lowest BCUT2D eigenvalue weighted by molar-refractivity contribution is -0.122. The van der Waals surface area contributed by atoms with Crippen LogP contribution in [0.4, 0.5) is 11.4 Å². The van der Waals surface area contributed by atoms with Gasteiger partial charge < -0.3 is 15.5 Å². The SMILES string of the molecule is Cc1ccc(CNC(=O)c2ccccc2NC(=O)[C@H]2CC(=O)N(c3ccccc3)C2)cc1. The highest BCUT2D eigenvalue weighted by Crippen LogP contribution is 2.26. The van der Waals surface area contributed by atoms with Crippen LogP contribution in [0.3, 0.4) is 0 Å². The standard InChI is InChI=1S/C26H25N3O3/c1-18-11-13-19(14-12-18)16-27-26(32)22-9-5-6-10-23(22)28-25(31)20-15-24(30)29(17-20)21-7-3-2-4-8-21/h2-14,20H,15-17H2,1H3,(H,27,32)(H,28,31)/t20-/m0/s1. The van der Waals surface area contributed by atoms with Gasteiger partial charge in [-0.2, -0.15) is 0 Å². The minimum Gasteiger partial charge on any atom is -0.348 e. The first kappa shape index (κ1) is 21.3. The smallest absolute Gasteiger partial charge is 0.253 e. The molecule has 2 N–H and O–H groups in total. The van der Waals surface area contributed by atoms with Crippen molar-refractivity contribution in [1.29, 1.82) is 0 Å². The summed E-state index contributed by atoms with van der Waals surface area (Å²) in [5, 5.41) is 5.75. The molecule has 162 valence electrons. The van der Waals surface area contributed by atoms with Crippen LogP contribution in [0.15, 0.2) is 78.9 Å². The van der Waals surface area contributed by atoms with Gasteiger partial charge in [-0.1, -0.05) is 60.2 Å². The maximum Gasteiger partial charge on any atom is 0.253 e. The van der Waals surface area contributed by atoms with Gasteiger partial charge in [0.15, 0.2) is 0 Å². The molecule has 3 amide bonds. The van der Waals surface area contributed by atoms with E-state index in [1.165, 1.54) is 0 Å². The van der Waals surface area contributed by atoms with Crippen LogP contribution in [-0.2, 0) is 16.1 Å². The van der Waals surface area contributed by atoms with Crippen LogP contribution >= 0.6 is 0 Å². The number of carbonyl (C=O) groups is 3. The molecule has 0 spiro atoms. The van der Waals surface area contributed by atoms with Gasteiger partial charge in [0.1, 0.15) is 0 Å². The maximum absolute atomic E-state index is 12.9. The topological polar surface area (TPSA) is 78.5 Å². The number of nitrogens with one attached hydrogen (secondary N) is 2. The third-order valence-corrected chi connectivity index (χ3v) is 5.57. The fraction of sp³-hybridized carbons (Fsp3) is 0.192. The Balaban J connectivity index is 1.41. The van der Waals surface area contributed by atoms with E-state index in [0.717, 1.165) is 16.8 Å². The Morgan fingerprint density at radius 1 is 0.938 bits per heavy atom. The number of benzene rings is 3. The van der Waals surface area contributed by atoms with Crippen molar-refractivity contribution >= 4 is 29.1 Å². The summed E-state index contributed by atoms with van der Waals surface area (Å²) in [5.41, 5.74) is 3.76. The van der Waals surface area contributed by atoms with Crippen molar-refractivity contribution in [1.82, 2.24) is 5.32 Å². The molecule has 0 bridgehead atoms. The van der Waals surface area contributed by atoms with E-state index < -0.39 is 5.92 Å². The monoisotopic (exact) mass is 427 g/mol. The van der Waals surface area contributed by atoms with Crippen molar-refractivity contribution in [3.8, 4) is 0 Å². The molecule has 1 fully saturated rings. The number of aryl methyl sites for hydroxylation is 1. The van der Waals surface area contributed by atoms with E-state index in [1.54, 1.807) is 29.2 Å². The van der Waals surface area contributed by atoms with E-state index in [-0.39, 0.29) is 24.1 Å². The third kappa shape index (κ3) is 4.86. The molecule has 1 aliphatic rings. The minimum atomic E-state index is -0.480. The molecule has 3 aromatic rings. The van der Waals surface area contributed by atoms with Crippen LogP contribution in [0.5, 0.6) is 0 Å². The fourth-order valence-corrected chi connectivity index (χ4v) is 3.75. The third-order valence-electron chi connectivity index (χ3n) is 5.57. The number of anilines is 2. The molecule has 3 aromatic carbocycles. The van der Waals surface area contributed by atoms with E-state index in [4.69, 9.17) is 0 Å². The highest BCUT2D eigenvalue weighted by Gasteiger charge is 2.35. The number of rotatable bonds is 6. The molecule has 0 radical (unpaired) electrons. The Hall–Kier alpha value is -3.93. The zero-order valence-corrected chi connectivity index (χ0v) is 17.9. The van der Waals surface area contributed by atoms with E-state index in [0.29, 0.717) is 24.3 Å². The highest BCUT2D eigenvalue weighted by atomic mass is 16.2. The summed E-state index contributed by atoms with van der Waals surface area (Å²) >= 11 is 0. The molecule has 1 atom stereocenters. The fourth-order valence-electron chi connectivity index (χ4n) is 3.75. The van der Waals surface area contributed by atoms with Crippen molar-refractivity contribution in [3.05, 3.63) is 95.6 Å². The number of carbonyl (C=O) groups excluding carboxylic acids is 3. The van der Waals surface area contributed by atoms with Gasteiger partial charge in [-0.15, -0.1) is 0 Å². The molecule has 32 heavy (non-hydrogen) atoms. The molecule has 6 heteroatoms. The summed E-state index contributed by atoms with van der Waals surface area (Å²) in [6, 6.07) is 24.2. The van der Waals surface area contributed by atoms with Crippen LogP contribution in [0.1, 0.15) is 27.9 Å². The average molecular weight is 428 g/mol. The lowest BCUT2D eigenvalue weighted by Crippen LogP contribution is -2.29. The predicted molar refractivity (Wildman–Crippen MR) is 124 cm³/mol. The minimum absolute atomic E-state index is 0.0829. The summed E-state index contributed by atoms with van der Waals surface area (Å²) < 4.78 is 0. The number of nitrogens with zero attached hydrogens (tertiary/aromatic N) is 1. The first-order valence-corrected chi connectivity index (χ1v) is 10.6. The molecule has 0 aromatic heterocycles. The summed E-state index contributed by atoms with van der Waals surface area (Å²) in [4.78, 5) is 39.7. The van der Waals surface area contributed by atoms with Gasteiger partial charge in [-0.05, 0) is 36.8 Å². The normalized spacial score (nSPS) is 15.5. The van der Waals surface area contributed by atoms with Crippen LogP contribution in [0.25, 0.3) is 0 Å². The van der Waals surface area contributed by atoms with Crippen molar-refractivity contribution in [2.45, 2.75) is 19.9 Å². The largest absolute Gasteiger partial charge is 0.348 e. The van der Waals surface area contributed by atoms with E-state index in [1.807, 2.05) is 61.5 Å². The van der Waals surface area contributed by atoms with Gasteiger partial charge in [0.05, 0.1) is 17.2 Å². The van der Waals surface area contributed by atoms with Gasteiger partial charge in [0.25, 0.3) is 5.91 Å². The Morgan fingerprint density at radius 2 is 1.62 bits per heavy atom.